The Morgan fingerprint density at radius 2 is 1.74 bits per heavy atom. The SMILES string of the molecule is O=C(NC1CCN(Cc2ccccc2)CC1)[C@@H]1CCCN(c2ccnc(-c3ccc(F)cc3)n2)C1. The molecule has 3 aromatic rings. The fraction of sp³-hybridized carbons (Fsp3) is 0.393. The first-order chi connectivity index (χ1) is 17.1. The van der Waals surface area contributed by atoms with Crippen LogP contribution in [0.2, 0.25) is 0 Å². The summed E-state index contributed by atoms with van der Waals surface area (Å²) in [4.78, 5) is 26.8. The maximum Gasteiger partial charge on any atom is 0.225 e. The molecule has 2 fully saturated rings. The van der Waals surface area contributed by atoms with Crippen molar-refractivity contribution in [2.24, 2.45) is 5.92 Å². The van der Waals surface area contributed by atoms with Crippen LogP contribution in [0.1, 0.15) is 31.2 Å². The Balaban J connectivity index is 1.14. The highest BCUT2D eigenvalue weighted by atomic mass is 19.1. The lowest BCUT2D eigenvalue weighted by atomic mass is 9.95. The van der Waals surface area contributed by atoms with Crippen LogP contribution in [0.3, 0.4) is 0 Å². The quantitative estimate of drug-likeness (QED) is 0.579. The minimum absolute atomic E-state index is 0.0460. The lowest BCUT2D eigenvalue weighted by Gasteiger charge is -2.36. The minimum Gasteiger partial charge on any atom is -0.356 e. The maximum absolute atomic E-state index is 13.3. The number of benzene rings is 2. The van der Waals surface area contributed by atoms with Crippen molar-refractivity contribution in [3.63, 3.8) is 0 Å². The molecule has 0 unspecified atom stereocenters. The second-order valence-corrected chi connectivity index (χ2v) is 9.58. The average Bonchev–Trinajstić information content (AvgIpc) is 2.91. The molecule has 1 atom stereocenters. The Labute approximate surface area is 206 Å². The first kappa shape index (κ1) is 23.4. The second-order valence-electron chi connectivity index (χ2n) is 9.58. The fourth-order valence-corrected chi connectivity index (χ4v) is 5.06. The maximum atomic E-state index is 13.3. The predicted molar refractivity (Wildman–Crippen MR) is 135 cm³/mol. The number of rotatable bonds is 6. The molecule has 35 heavy (non-hydrogen) atoms. The van der Waals surface area contributed by atoms with Crippen LogP contribution in [0.5, 0.6) is 0 Å². The monoisotopic (exact) mass is 473 g/mol. The molecule has 2 aliphatic rings. The predicted octanol–water partition coefficient (Wildman–Crippen LogP) is 4.28. The highest BCUT2D eigenvalue weighted by Crippen LogP contribution is 2.25. The Bertz CT molecular complexity index is 1120. The number of hydrogen-bond donors (Lipinski definition) is 1. The number of anilines is 1. The molecular formula is C28H32FN5O. The van der Waals surface area contributed by atoms with Gasteiger partial charge in [-0.15, -0.1) is 0 Å². The summed E-state index contributed by atoms with van der Waals surface area (Å²) in [5.41, 5.74) is 2.11. The Kier molecular flexibility index (Phi) is 7.33. The van der Waals surface area contributed by atoms with Crippen molar-refractivity contribution in [1.29, 1.82) is 0 Å². The van der Waals surface area contributed by atoms with E-state index in [0.29, 0.717) is 12.4 Å². The van der Waals surface area contributed by atoms with Gasteiger partial charge in [-0.05, 0) is 61.6 Å². The molecule has 0 bridgehead atoms. The topological polar surface area (TPSA) is 61.4 Å². The van der Waals surface area contributed by atoms with E-state index in [2.05, 4.69) is 44.4 Å². The van der Waals surface area contributed by atoms with Crippen molar-refractivity contribution in [3.8, 4) is 11.4 Å². The van der Waals surface area contributed by atoms with Gasteiger partial charge in [0.05, 0.1) is 5.92 Å². The second kappa shape index (κ2) is 11.0. The standard InChI is InChI=1S/C28H32FN5O/c29-24-10-8-22(9-11-24)27-30-15-12-26(32-27)34-16-4-7-23(20-34)28(35)31-25-13-17-33(18-14-25)19-21-5-2-1-3-6-21/h1-3,5-6,8-12,15,23,25H,4,7,13-14,16-20H2,(H,31,35)/t23-/m1/s1. The Morgan fingerprint density at radius 3 is 2.51 bits per heavy atom. The van der Waals surface area contributed by atoms with Crippen molar-refractivity contribution in [1.82, 2.24) is 20.2 Å². The largest absolute Gasteiger partial charge is 0.356 e. The van der Waals surface area contributed by atoms with E-state index in [1.54, 1.807) is 18.3 Å². The number of halogens is 1. The number of nitrogens with zero attached hydrogens (tertiary/aromatic N) is 4. The zero-order chi connectivity index (χ0) is 24.0. The highest BCUT2D eigenvalue weighted by Gasteiger charge is 2.29. The number of hydrogen-bond acceptors (Lipinski definition) is 5. The van der Waals surface area contributed by atoms with Gasteiger partial charge in [-0.1, -0.05) is 30.3 Å². The van der Waals surface area contributed by atoms with Gasteiger partial charge in [0.1, 0.15) is 11.6 Å². The van der Waals surface area contributed by atoms with Gasteiger partial charge < -0.3 is 10.2 Å². The highest BCUT2D eigenvalue weighted by molar-refractivity contribution is 5.80. The van der Waals surface area contributed by atoms with E-state index < -0.39 is 0 Å². The van der Waals surface area contributed by atoms with E-state index in [1.165, 1.54) is 17.7 Å². The van der Waals surface area contributed by atoms with Crippen molar-refractivity contribution in [2.75, 3.05) is 31.1 Å². The van der Waals surface area contributed by atoms with Crippen molar-refractivity contribution >= 4 is 11.7 Å². The summed E-state index contributed by atoms with van der Waals surface area (Å²) in [5, 5.41) is 3.33. The zero-order valence-corrected chi connectivity index (χ0v) is 19.9. The number of aromatic nitrogens is 2. The molecule has 0 spiro atoms. The third-order valence-electron chi connectivity index (χ3n) is 7.04. The van der Waals surface area contributed by atoms with E-state index in [1.807, 2.05) is 12.1 Å². The van der Waals surface area contributed by atoms with Crippen LogP contribution in [-0.4, -0.2) is 53.0 Å². The third kappa shape index (κ3) is 6.03. The lowest BCUT2D eigenvalue weighted by molar-refractivity contribution is -0.126. The first-order valence-corrected chi connectivity index (χ1v) is 12.5. The number of carbonyl (C=O) groups is 1. The molecule has 0 radical (unpaired) electrons. The summed E-state index contributed by atoms with van der Waals surface area (Å²) in [7, 11) is 0. The van der Waals surface area contributed by atoms with Crippen molar-refractivity contribution in [3.05, 3.63) is 78.2 Å². The molecule has 6 nitrogen and oxygen atoms in total. The van der Waals surface area contributed by atoms with Crippen LogP contribution in [-0.2, 0) is 11.3 Å². The number of carbonyl (C=O) groups excluding carboxylic acids is 1. The van der Waals surface area contributed by atoms with E-state index in [4.69, 9.17) is 4.98 Å². The molecule has 2 saturated heterocycles. The van der Waals surface area contributed by atoms with Crippen LogP contribution in [0, 0.1) is 11.7 Å². The number of piperidine rings is 2. The molecule has 1 N–H and O–H groups in total. The van der Waals surface area contributed by atoms with Crippen molar-refractivity contribution in [2.45, 2.75) is 38.3 Å². The summed E-state index contributed by atoms with van der Waals surface area (Å²) < 4.78 is 13.3. The number of amides is 1. The smallest absolute Gasteiger partial charge is 0.225 e. The molecule has 3 heterocycles. The van der Waals surface area contributed by atoms with Crippen LogP contribution in [0.4, 0.5) is 10.2 Å². The molecule has 7 heteroatoms. The van der Waals surface area contributed by atoms with Crippen LogP contribution in [0.25, 0.3) is 11.4 Å². The molecule has 2 aromatic carbocycles. The zero-order valence-electron chi connectivity index (χ0n) is 19.9. The van der Waals surface area contributed by atoms with Crippen molar-refractivity contribution < 1.29 is 9.18 Å². The van der Waals surface area contributed by atoms with E-state index in [-0.39, 0.29) is 23.7 Å². The lowest BCUT2D eigenvalue weighted by Crippen LogP contribution is -2.49. The summed E-state index contributed by atoms with van der Waals surface area (Å²) in [6.45, 7) is 4.49. The molecule has 2 aliphatic heterocycles. The summed E-state index contributed by atoms with van der Waals surface area (Å²) in [6.07, 6.45) is 5.55. The van der Waals surface area contributed by atoms with E-state index in [9.17, 15) is 9.18 Å². The van der Waals surface area contributed by atoms with Gasteiger partial charge in [-0.3, -0.25) is 9.69 Å². The number of likely N-dealkylation sites (tertiary alicyclic amines) is 1. The van der Waals surface area contributed by atoms with Gasteiger partial charge in [-0.2, -0.15) is 0 Å². The van der Waals surface area contributed by atoms with Crippen LogP contribution in [0.15, 0.2) is 66.9 Å². The van der Waals surface area contributed by atoms with Gasteiger partial charge in [0.15, 0.2) is 5.82 Å². The molecule has 182 valence electrons. The minimum atomic E-state index is -0.281. The normalized spacial score (nSPS) is 19.5. The fourth-order valence-electron chi connectivity index (χ4n) is 5.06. The molecule has 0 saturated carbocycles. The average molecular weight is 474 g/mol. The number of nitrogens with one attached hydrogen (secondary N) is 1. The Hall–Kier alpha value is -3.32. The molecule has 1 aromatic heterocycles. The van der Waals surface area contributed by atoms with Gasteiger partial charge in [-0.25, -0.2) is 14.4 Å². The third-order valence-corrected chi connectivity index (χ3v) is 7.04. The first-order valence-electron chi connectivity index (χ1n) is 12.5. The molecule has 0 aliphatic carbocycles. The van der Waals surface area contributed by atoms with Gasteiger partial charge in [0.2, 0.25) is 5.91 Å². The van der Waals surface area contributed by atoms with Gasteiger partial charge in [0, 0.05) is 50.5 Å². The van der Waals surface area contributed by atoms with E-state index in [0.717, 1.165) is 63.2 Å². The van der Waals surface area contributed by atoms with Gasteiger partial charge >= 0.3 is 0 Å². The molecule has 5 rings (SSSR count). The summed E-state index contributed by atoms with van der Waals surface area (Å²) >= 11 is 0. The Morgan fingerprint density at radius 1 is 0.971 bits per heavy atom. The van der Waals surface area contributed by atoms with E-state index >= 15 is 0 Å². The van der Waals surface area contributed by atoms with Gasteiger partial charge in [0.25, 0.3) is 0 Å². The molecular weight excluding hydrogens is 441 g/mol. The summed E-state index contributed by atoms with van der Waals surface area (Å²) in [5.74, 6) is 1.21. The molecule has 1 amide bonds. The summed E-state index contributed by atoms with van der Waals surface area (Å²) in [6, 6.07) is 18.9. The van der Waals surface area contributed by atoms with Crippen LogP contribution < -0.4 is 10.2 Å². The van der Waals surface area contributed by atoms with Crippen LogP contribution >= 0.6 is 0 Å².